The number of H-pyrrole nitrogens is 1. The second-order valence-corrected chi connectivity index (χ2v) is 7.10. The number of hydrogen-bond donors (Lipinski definition) is 1. The summed E-state index contributed by atoms with van der Waals surface area (Å²) >= 11 is 0. The molecule has 1 fully saturated rings. The van der Waals surface area contributed by atoms with Crippen molar-refractivity contribution in [3.8, 4) is 11.5 Å². The molecular formula is C22H23N5O2. The number of nitrogens with one attached hydrogen (secondary N) is 1. The molecule has 5 rings (SSSR count). The van der Waals surface area contributed by atoms with Crippen LogP contribution in [0.15, 0.2) is 48.8 Å². The van der Waals surface area contributed by atoms with E-state index in [0.717, 1.165) is 71.1 Å². The van der Waals surface area contributed by atoms with E-state index in [2.05, 4.69) is 36.9 Å². The van der Waals surface area contributed by atoms with Gasteiger partial charge >= 0.3 is 0 Å². The van der Waals surface area contributed by atoms with Crippen LogP contribution in [0.25, 0.3) is 21.9 Å². The number of para-hydroxylation sites is 2. The van der Waals surface area contributed by atoms with Crippen LogP contribution in [0, 0.1) is 0 Å². The summed E-state index contributed by atoms with van der Waals surface area (Å²) in [5.41, 5.74) is 4.07. The third-order valence-electron chi connectivity index (χ3n) is 5.57. The maximum Gasteiger partial charge on any atom is 0.156 e. The van der Waals surface area contributed by atoms with Crippen molar-refractivity contribution in [2.75, 3.05) is 50.2 Å². The number of ether oxygens (including phenoxy) is 2. The van der Waals surface area contributed by atoms with Crippen molar-refractivity contribution in [3.63, 3.8) is 0 Å². The van der Waals surface area contributed by atoms with Crippen LogP contribution < -0.4 is 19.3 Å². The van der Waals surface area contributed by atoms with E-state index in [1.807, 2.05) is 30.3 Å². The molecule has 2 aromatic heterocycles. The Morgan fingerprint density at radius 1 is 0.897 bits per heavy atom. The van der Waals surface area contributed by atoms with E-state index >= 15 is 0 Å². The molecule has 0 aliphatic carbocycles. The van der Waals surface area contributed by atoms with Gasteiger partial charge in [0.1, 0.15) is 28.9 Å². The molecule has 0 radical (unpaired) electrons. The molecule has 0 spiro atoms. The Morgan fingerprint density at radius 3 is 2.48 bits per heavy atom. The van der Waals surface area contributed by atoms with Crippen LogP contribution in [-0.2, 0) is 0 Å². The fourth-order valence-corrected chi connectivity index (χ4v) is 4.08. The summed E-state index contributed by atoms with van der Waals surface area (Å²) in [6.07, 6.45) is 1.65. The third-order valence-corrected chi connectivity index (χ3v) is 5.57. The lowest BCUT2D eigenvalue weighted by atomic mass is 10.2. The maximum absolute atomic E-state index is 5.53. The summed E-state index contributed by atoms with van der Waals surface area (Å²) in [5.74, 6) is 2.68. The number of anilines is 2. The summed E-state index contributed by atoms with van der Waals surface area (Å²) < 4.78 is 10.9. The van der Waals surface area contributed by atoms with Gasteiger partial charge in [-0.1, -0.05) is 12.1 Å². The number of benzene rings is 2. The van der Waals surface area contributed by atoms with Gasteiger partial charge in [-0.2, -0.15) is 0 Å². The average molecular weight is 389 g/mol. The van der Waals surface area contributed by atoms with Gasteiger partial charge in [-0.15, -0.1) is 0 Å². The molecule has 1 aliphatic heterocycles. The molecule has 0 bridgehead atoms. The minimum atomic E-state index is 0.823. The van der Waals surface area contributed by atoms with Crippen molar-refractivity contribution >= 4 is 33.4 Å². The molecule has 3 heterocycles. The molecule has 1 saturated heterocycles. The van der Waals surface area contributed by atoms with E-state index in [0.29, 0.717) is 0 Å². The first-order valence-corrected chi connectivity index (χ1v) is 9.72. The van der Waals surface area contributed by atoms with E-state index in [4.69, 9.17) is 9.47 Å². The molecule has 7 nitrogen and oxygen atoms in total. The Kier molecular flexibility index (Phi) is 4.35. The maximum atomic E-state index is 5.53. The molecule has 0 amide bonds. The monoisotopic (exact) mass is 389 g/mol. The van der Waals surface area contributed by atoms with Crippen LogP contribution in [0.5, 0.6) is 11.5 Å². The summed E-state index contributed by atoms with van der Waals surface area (Å²) in [4.78, 5) is 17.3. The molecule has 29 heavy (non-hydrogen) atoms. The van der Waals surface area contributed by atoms with Gasteiger partial charge in [-0.05, 0) is 24.3 Å². The first kappa shape index (κ1) is 17.6. The highest BCUT2D eigenvalue weighted by Crippen LogP contribution is 2.33. The fraction of sp³-hybridized carbons (Fsp3) is 0.273. The lowest BCUT2D eigenvalue weighted by molar-refractivity contribution is 0.413. The zero-order valence-electron chi connectivity index (χ0n) is 16.6. The predicted molar refractivity (Wildman–Crippen MR) is 115 cm³/mol. The third kappa shape index (κ3) is 2.99. The highest BCUT2D eigenvalue weighted by molar-refractivity contribution is 6.08. The summed E-state index contributed by atoms with van der Waals surface area (Å²) in [7, 11) is 3.40. The molecule has 148 valence electrons. The summed E-state index contributed by atoms with van der Waals surface area (Å²) in [5, 5.41) is 1.08. The molecule has 0 unspecified atom stereocenters. The van der Waals surface area contributed by atoms with Gasteiger partial charge in [-0.3, -0.25) is 0 Å². The largest absolute Gasteiger partial charge is 0.497 e. The Morgan fingerprint density at radius 2 is 1.69 bits per heavy atom. The molecule has 7 heteroatoms. The van der Waals surface area contributed by atoms with Gasteiger partial charge in [0.25, 0.3) is 0 Å². The number of rotatable bonds is 4. The molecule has 1 N–H and O–H groups in total. The molecule has 0 atom stereocenters. The number of nitrogens with zero attached hydrogens (tertiary/aromatic N) is 4. The Labute approximate surface area is 168 Å². The van der Waals surface area contributed by atoms with Crippen molar-refractivity contribution in [2.24, 2.45) is 0 Å². The summed E-state index contributed by atoms with van der Waals surface area (Å²) in [6.45, 7) is 3.56. The highest BCUT2D eigenvalue weighted by atomic mass is 16.5. The van der Waals surface area contributed by atoms with E-state index in [9.17, 15) is 0 Å². The zero-order valence-corrected chi connectivity index (χ0v) is 16.6. The fourth-order valence-electron chi connectivity index (χ4n) is 4.08. The van der Waals surface area contributed by atoms with Crippen molar-refractivity contribution in [1.29, 1.82) is 0 Å². The Bertz CT molecular complexity index is 1160. The van der Waals surface area contributed by atoms with Gasteiger partial charge in [0.05, 0.1) is 25.4 Å². The lowest BCUT2D eigenvalue weighted by Gasteiger charge is -2.37. The Balaban J connectivity index is 1.45. The van der Waals surface area contributed by atoms with Crippen LogP contribution in [-0.4, -0.2) is 55.4 Å². The minimum absolute atomic E-state index is 0.823. The van der Waals surface area contributed by atoms with Crippen LogP contribution in [0.1, 0.15) is 0 Å². The van der Waals surface area contributed by atoms with Gasteiger partial charge in [0, 0.05) is 37.6 Å². The van der Waals surface area contributed by atoms with E-state index in [1.54, 1.807) is 20.5 Å². The van der Waals surface area contributed by atoms with Gasteiger partial charge < -0.3 is 24.3 Å². The normalized spacial score (nSPS) is 14.6. The van der Waals surface area contributed by atoms with Crippen LogP contribution in [0.2, 0.25) is 0 Å². The summed E-state index contributed by atoms with van der Waals surface area (Å²) in [6, 6.07) is 14.2. The van der Waals surface area contributed by atoms with Crippen LogP contribution in [0.3, 0.4) is 0 Å². The van der Waals surface area contributed by atoms with Crippen molar-refractivity contribution in [3.05, 3.63) is 48.8 Å². The standard InChI is InChI=1S/C22H23N5O2/c1-28-15-7-8-16-17(13-15)25-21-20(16)23-14-24-22(21)27-11-9-26(10-12-27)18-5-3-4-6-19(18)29-2/h3-8,13-14,25H,9-12H2,1-2H3. The van der Waals surface area contributed by atoms with Crippen molar-refractivity contribution in [2.45, 2.75) is 0 Å². The SMILES string of the molecule is COc1ccc2c(c1)[nH]c1c(N3CCN(c4ccccc4OC)CC3)ncnc12. The quantitative estimate of drug-likeness (QED) is 0.577. The van der Waals surface area contributed by atoms with E-state index in [1.165, 1.54) is 0 Å². The number of fused-ring (bicyclic) bond motifs is 3. The Hall–Kier alpha value is -3.48. The molecule has 2 aromatic carbocycles. The van der Waals surface area contributed by atoms with Gasteiger partial charge in [0.2, 0.25) is 0 Å². The van der Waals surface area contributed by atoms with Crippen LogP contribution >= 0.6 is 0 Å². The van der Waals surface area contributed by atoms with Gasteiger partial charge in [0.15, 0.2) is 5.82 Å². The topological polar surface area (TPSA) is 66.5 Å². The van der Waals surface area contributed by atoms with Crippen LogP contribution in [0.4, 0.5) is 11.5 Å². The number of hydrogen-bond acceptors (Lipinski definition) is 6. The molecule has 0 saturated carbocycles. The highest BCUT2D eigenvalue weighted by Gasteiger charge is 2.23. The molecule has 4 aromatic rings. The number of aromatic amines is 1. The smallest absolute Gasteiger partial charge is 0.156 e. The second-order valence-electron chi connectivity index (χ2n) is 7.10. The predicted octanol–water partition coefficient (Wildman–Crippen LogP) is 3.45. The van der Waals surface area contributed by atoms with Crippen molar-refractivity contribution in [1.82, 2.24) is 15.0 Å². The average Bonchev–Trinajstić information content (AvgIpc) is 3.17. The first-order valence-electron chi connectivity index (χ1n) is 9.72. The lowest BCUT2D eigenvalue weighted by Crippen LogP contribution is -2.47. The van der Waals surface area contributed by atoms with Gasteiger partial charge in [-0.25, -0.2) is 9.97 Å². The van der Waals surface area contributed by atoms with Crippen molar-refractivity contribution < 1.29 is 9.47 Å². The zero-order chi connectivity index (χ0) is 19.8. The molecular weight excluding hydrogens is 366 g/mol. The second kappa shape index (κ2) is 7.16. The van der Waals surface area contributed by atoms with E-state index in [-0.39, 0.29) is 0 Å². The number of aromatic nitrogens is 3. The number of methoxy groups -OCH3 is 2. The minimum Gasteiger partial charge on any atom is -0.497 e. The number of piperazine rings is 1. The van der Waals surface area contributed by atoms with E-state index < -0.39 is 0 Å². The molecule has 1 aliphatic rings. The first-order chi connectivity index (χ1) is 14.3.